The van der Waals surface area contributed by atoms with Gasteiger partial charge in [0.05, 0.1) is 12.2 Å². The number of para-hydroxylation sites is 1. The second-order valence-corrected chi connectivity index (χ2v) is 4.01. The van der Waals surface area contributed by atoms with E-state index in [9.17, 15) is 4.79 Å². The molecule has 2 aromatic rings. The van der Waals surface area contributed by atoms with E-state index in [2.05, 4.69) is 4.98 Å². The lowest BCUT2D eigenvalue weighted by molar-refractivity contribution is 0.112. The van der Waals surface area contributed by atoms with Gasteiger partial charge in [0, 0.05) is 17.3 Å². The highest BCUT2D eigenvalue weighted by molar-refractivity contribution is 6.31. The van der Waals surface area contributed by atoms with E-state index in [1.54, 1.807) is 12.3 Å². The van der Waals surface area contributed by atoms with Crippen LogP contribution in [0.5, 0.6) is 5.75 Å². The van der Waals surface area contributed by atoms with Gasteiger partial charge in [-0.3, -0.25) is 4.79 Å². The third kappa shape index (κ3) is 2.51. The number of carbonyl (C=O) groups is 1. The lowest BCUT2D eigenvalue weighted by Crippen LogP contribution is -1.95. The standard InChI is InChI=1S/C14H12ClNO2/c1-2-18-13-6-4-3-5-12(13)10-7-11(9-17)14(15)16-8-10/h3-9H,2H2,1H3. The summed E-state index contributed by atoms with van der Waals surface area (Å²) in [6.45, 7) is 2.51. The van der Waals surface area contributed by atoms with Crippen LogP contribution in [0.3, 0.4) is 0 Å². The molecule has 0 saturated heterocycles. The van der Waals surface area contributed by atoms with Gasteiger partial charge in [0.15, 0.2) is 6.29 Å². The number of aldehydes is 1. The second-order valence-electron chi connectivity index (χ2n) is 3.65. The van der Waals surface area contributed by atoms with Crippen molar-refractivity contribution in [3.05, 3.63) is 47.2 Å². The van der Waals surface area contributed by atoms with Crippen molar-refractivity contribution in [3.8, 4) is 16.9 Å². The third-order valence-corrected chi connectivity index (χ3v) is 2.81. The minimum atomic E-state index is 0.211. The average Bonchev–Trinajstić information content (AvgIpc) is 2.40. The highest BCUT2D eigenvalue weighted by Crippen LogP contribution is 2.30. The molecule has 0 aliphatic heterocycles. The Labute approximate surface area is 110 Å². The molecule has 0 aliphatic rings. The van der Waals surface area contributed by atoms with Crippen LogP contribution in [0.2, 0.25) is 5.15 Å². The first kappa shape index (κ1) is 12.6. The molecule has 0 amide bonds. The number of hydrogen-bond acceptors (Lipinski definition) is 3. The van der Waals surface area contributed by atoms with Crippen LogP contribution in [0.1, 0.15) is 17.3 Å². The molecule has 0 spiro atoms. The minimum absolute atomic E-state index is 0.211. The molecule has 0 bridgehead atoms. The van der Waals surface area contributed by atoms with Crippen molar-refractivity contribution in [2.75, 3.05) is 6.61 Å². The van der Waals surface area contributed by atoms with Crippen LogP contribution in [0, 0.1) is 0 Å². The van der Waals surface area contributed by atoms with Crippen molar-refractivity contribution >= 4 is 17.9 Å². The van der Waals surface area contributed by atoms with Gasteiger partial charge in [-0.05, 0) is 19.1 Å². The van der Waals surface area contributed by atoms with Crippen molar-refractivity contribution in [2.45, 2.75) is 6.92 Å². The minimum Gasteiger partial charge on any atom is -0.493 e. The highest BCUT2D eigenvalue weighted by atomic mass is 35.5. The van der Waals surface area contributed by atoms with Crippen molar-refractivity contribution < 1.29 is 9.53 Å². The summed E-state index contributed by atoms with van der Waals surface area (Å²) >= 11 is 5.81. The summed E-state index contributed by atoms with van der Waals surface area (Å²) in [5.41, 5.74) is 2.08. The Kier molecular flexibility index (Phi) is 3.95. The van der Waals surface area contributed by atoms with Crippen molar-refractivity contribution in [2.24, 2.45) is 0 Å². The Morgan fingerprint density at radius 3 is 2.89 bits per heavy atom. The summed E-state index contributed by atoms with van der Waals surface area (Å²) in [6.07, 6.45) is 2.33. The predicted molar refractivity (Wildman–Crippen MR) is 71.2 cm³/mol. The molecule has 92 valence electrons. The van der Waals surface area contributed by atoms with Crippen LogP contribution in [0.15, 0.2) is 36.5 Å². The molecule has 0 fully saturated rings. The molecule has 0 atom stereocenters. The maximum atomic E-state index is 10.9. The lowest BCUT2D eigenvalue weighted by atomic mass is 10.1. The van der Waals surface area contributed by atoms with Crippen LogP contribution < -0.4 is 4.74 Å². The molecule has 2 rings (SSSR count). The Morgan fingerprint density at radius 2 is 2.17 bits per heavy atom. The van der Waals surface area contributed by atoms with Gasteiger partial charge in [0.2, 0.25) is 0 Å². The first-order valence-corrected chi connectivity index (χ1v) is 5.97. The van der Waals surface area contributed by atoms with Gasteiger partial charge in [-0.2, -0.15) is 0 Å². The average molecular weight is 262 g/mol. The van der Waals surface area contributed by atoms with Gasteiger partial charge >= 0.3 is 0 Å². The number of carbonyl (C=O) groups excluding carboxylic acids is 1. The number of pyridine rings is 1. The summed E-state index contributed by atoms with van der Waals surface area (Å²) in [5, 5.41) is 0.211. The van der Waals surface area contributed by atoms with Gasteiger partial charge in [0.1, 0.15) is 10.9 Å². The van der Waals surface area contributed by atoms with E-state index < -0.39 is 0 Å². The number of benzene rings is 1. The summed E-state index contributed by atoms with van der Waals surface area (Å²) in [4.78, 5) is 14.9. The summed E-state index contributed by atoms with van der Waals surface area (Å²) in [6, 6.07) is 9.32. The molecule has 1 aromatic carbocycles. The van der Waals surface area contributed by atoms with Crippen LogP contribution >= 0.6 is 11.6 Å². The fourth-order valence-corrected chi connectivity index (χ4v) is 1.83. The Hall–Kier alpha value is -1.87. The van der Waals surface area contributed by atoms with E-state index in [4.69, 9.17) is 16.3 Å². The number of aromatic nitrogens is 1. The fourth-order valence-electron chi connectivity index (χ4n) is 1.68. The molecule has 0 unspecified atom stereocenters. The van der Waals surface area contributed by atoms with E-state index in [0.29, 0.717) is 18.5 Å². The second kappa shape index (κ2) is 5.65. The SMILES string of the molecule is CCOc1ccccc1-c1cnc(Cl)c(C=O)c1. The van der Waals surface area contributed by atoms with E-state index in [0.717, 1.165) is 16.9 Å². The van der Waals surface area contributed by atoms with E-state index in [1.807, 2.05) is 31.2 Å². The number of halogens is 1. The van der Waals surface area contributed by atoms with Crippen molar-refractivity contribution in [1.82, 2.24) is 4.98 Å². The molecule has 0 N–H and O–H groups in total. The molecule has 3 nitrogen and oxygen atoms in total. The summed E-state index contributed by atoms with van der Waals surface area (Å²) in [7, 11) is 0. The summed E-state index contributed by atoms with van der Waals surface area (Å²) in [5.74, 6) is 0.765. The van der Waals surface area contributed by atoms with Crippen LogP contribution in [0.25, 0.3) is 11.1 Å². The van der Waals surface area contributed by atoms with Crippen LogP contribution in [-0.4, -0.2) is 17.9 Å². The Morgan fingerprint density at radius 1 is 1.39 bits per heavy atom. The molecule has 1 heterocycles. The summed E-state index contributed by atoms with van der Waals surface area (Å²) < 4.78 is 5.55. The molecule has 18 heavy (non-hydrogen) atoms. The normalized spacial score (nSPS) is 10.1. The Balaban J connectivity index is 2.51. The van der Waals surface area contributed by atoms with Crippen LogP contribution in [0.4, 0.5) is 0 Å². The van der Waals surface area contributed by atoms with Gasteiger partial charge in [-0.25, -0.2) is 4.98 Å². The predicted octanol–water partition coefficient (Wildman–Crippen LogP) is 3.61. The molecule has 1 aromatic heterocycles. The lowest BCUT2D eigenvalue weighted by Gasteiger charge is -2.10. The zero-order valence-electron chi connectivity index (χ0n) is 9.89. The number of nitrogens with zero attached hydrogens (tertiary/aromatic N) is 1. The molecule has 0 aliphatic carbocycles. The first-order chi connectivity index (χ1) is 8.76. The van der Waals surface area contributed by atoms with E-state index >= 15 is 0 Å². The van der Waals surface area contributed by atoms with Gasteiger partial charge in [0.25, 0.3) is 0 Å². The van der Waals surface area contributed by atoms with Crippen molar-refractivity contribution in [1.29, 1.82) is 0 Å². The number of rotatable bonds is 4. The smallest absolute Gasteiger partial charge is 0.153 e. The first-order valence-electron chi connectivity index (χ1n) is 5.59. The van der Waals surface area contributed by atoms with Crippen LogP contribution in [-0.2, 0) is 0 Å². The molecular formula is C14H12ClNO2. The maximum Gasteiger partial charge on any atom is 0.153 e. The zero-order chi connectivity index (χ0) is 13.0. The van der Waals surface area contributed by atoms with Gasteiger partial charge in [-0.15, -0.1) is 0 Å². The number of ether oxygens (including phenoxy) is 1. The molecule has 0 saturated carbocycles. The monoisotopic (exact) mass is 261 g/mol. The quantitative estimate of drug-likeness (QED) is 0.623. The molecular weight excluding hydrogens is 250 g/mol. The van der Waals surface area contributed by atoms with Crippen molar-refractivity contribution in [3.63, 3.8) is 0 Å². The van der Waals surface area contributed by atoms with Gasteiger partial charge in [-0.1, -0.05) is 29.8 Å². The van der Waals surface area contributed by atoms with Gasteiger partial charge < -0.3 is 4.74 Å². The highest BCUT2D eigenvalue weighted by Gasteiger charge is 2.08. The fraction of sp³-hybridized carbons (Fsp3) is 0.143. The zero-order valence-corrected chi connectivity index (χ0v) is 10.6. The number of hydrogen-bond donors (Lipinski definition) is 0. The topological polar surface area (TPSA) is 39.2 Å². The third-order valence-electron chi connectivity index (χ3n) is 2.49. The molecule has 0 radical (unpaired) electrons. The Bertz CT molecular complexity index is 569. The maximum absolute atomic E-state index is 10.9. The largest absolute Gasteiger partial charge is 0.493 e. The molecule has 4 heteroatoms. The van der Waals surface area contributed by atoms with E-state index in [1.165, 1.54) is 0 Å². The van der Waals surface area contributed by atoms with E-state index in [-0.39, 0.29) is 5.15 Å².